The van der Waals surface area contributed by atoms with Crippen molar-refractivity contribution < 1.29 is 0 Å². The molecular weight excluding hydrogens is 188 g/mol. The van der Waals surface area contributed by atoms with E-state index >= 15 is 0 Å². The molecule has 0 amide bonds. The van der Waals surface area contributed by atoms with Crippen molar-refractivity contribution in [1.82, 2.24) is 0 Å². The molecule has 3 atom stereocenters. The van der Waals surface area contributed by atoms with Gasteiger partial charge in [-0.05, 0) is 53.4 Å². The Kier molecular flexibility index (Phi) is 1.32. The van der Waals surface area contributed by atoms with Gasteiger partial charge < -0.3 is 0 Å². The van der Waals surface area contributed by atoms with E-state index in [4.69, 9.17) is 0 Å². The van der Waals surface area contributed by atoms with E-state index < -0.39 is 9.21 Å². The second-order valence-electron chi connectivity index (χ2n) is 6.86. The summed E-state index contributed by atoms with van der Waals surface area (Å²) in [5, 5.41) is 0. The van der Waals surface area contributed by atoms with Crippen LogP contribution in [0.25, 0.3) is 0 Å². The molecule has 0 radical (unpaired) electrons. The first kappa shape index (κ1) is 9.33. The average molecular weight is 210 g/mol. The summed E-state index contributed by atoms with van der Waals surface area (Å²) < 4.78 is 0. The molecule has 3 rings (SSSR count). The van der Waals surface area contributed by atoms with Gasteiger partial charge in [-0.3, -0.25) is 0 Å². The Morgan fingerprint density at radius 2 is 2.00 bits per heavy atom. The first-order valence-electron chi connectivity index (χ1n) is 5.67. The summed E-state index contributed by atoms with van der Waals surface area (Å²) >= 11 is 0. The molecule has 1 spiro atoms. The van der Waals surface area contributed by atoms with Gasteiger partial charge in [0.25, 0.3) is 0 Å². The third-order valence-electron chi connectivity index (χ3n) is 5.51. The predicted molar refractivity (Wildman–Crippen MR) is 68.6 cm³/mol. The van der Waals surface area contributed by atoms with E-state index in [9.17, 15) is 0 Å². The van der Waals surface area contributed by atoms with E-state index in [0.29, 0.717) is 10.8 Å². The van der Waals surface area contributed by atoms with E-state index in [0.717, 1.165) is 11.3 Å². The lowest BCUT2D eigenvalue weighted by molar-refractivity contribution is 0.389. The van der Waals surface area contributed by atoms with Crippen LogP contribution in [0.2, 0.25) is 0 Å². The Morgan fingerprint density at radius 3 is 2.36 bits per heavy atom. The molecular formula is C13H22S. The molecule has 0 aromatic heterocycles. The van der Waals surface area contributed by atoms with Gasteiger partial charge in [-0.15, -0.1) is 0 Å². The van der Waals surface area contributed by atoms with Crippen LogP contribution in [0.1, 0.15) is 33.1 Å². The standard InChI is InChI=1S/C13H22S/c1-11(2)10-6-7-12(8-13(10,11)12)9-14(3,4)5/h10H,3-4,6-9H2,1-2,5H3. The van der Waals surface area contributed by atoms with E-state index in [1.807, 2.05) is 0 Å². The third kappa shape index (κ3) is 0.765. The zero-order valence-corrected chi connectivity index (χ0v) is 10.5. The van der Waals surface area contributed by atoms with Crippen LogP contribution in [-0.4, -0.2) is 23.7 Å². The average Bonchev–Trinajstić information content (AvgIpc) is 2.64. The molecule has 3 aliphatic carbocycles. The van der Waals surface area contributed by atoms with Gasteiger partial charge in [0, 0.05) is 0 Å². The molecule has 14 heavy (non-hydrogen) atoms. The summed E-state index contributed by atoms with van der Waals surface area (Å²) in [5.74, 6) is 10.9. The maximum Gasteiger partial charge on any atom is -0.0109 e. The van der Waals surface area contributed by atoms with Crippen molar-refractivity contribution >= 4 is 20.9 Å². The van der Waals surface area contributed by atoms with Crippen LogP contribution in [0.5, 0.6) is 0 Å². The molecule has 3 unspecified atom stereocenters. The fourth-order valence-electron chi connectivity index (χ4n) is 5.12. The topological polar surface area (TPSA) is 0 Å². The molecule has 80 valence electrons. The highest BCUT2D eigenvalue weighted by atomic mass is 32.2. The first-order valence-corrected chi connectivity index (χ1v) is 8.22. The lowest BCUT2D eigenvalue weighted by Gasteiger charge is -2.21. The van der Waals surface area contributed by atoms with E-state index in [-0.39, 0.29) is 0 Å². The lowest BCUT2D eigenvalue weighted by Crippen LogP contribution is -2.12. The Bertz CT molecular complexity index is 401. The van der Waals surface area contributed by atoms with Crippen LogP contribution >= 0.6 is 9.21 Å². The third-order valence-corrected chi connectivity index (χ3v) is 6.76. The second kappa shape index (κ2) is 1.98. The highest BCUT2D eigenvalue weighted by Gasteiger charge is 2.91. The van der Waals surface area contributed by atoms with Gasteiger partial charge in [-0.1, -0.05) is 25.6 Å². The van der Waals surface area contributed by atoms with Crippen molar-refractivity contribution in [2.24, 2.45) is 22.2 Å². The highest BCUT2D eigenvalue weighted by Crippen LogP contribution is 2.97. The quantitative estimate of drug-likeness (QED) is 0.614. The van der Waals surface area contributed by atoms with Crippen molar-refractivity contribution in [3.05, 3.63) is 0 Å². The molecule has 0 heterocycles. The predicted octanol–water partition coefficient (Wildman–Crippen LogP) is 3.11. The van der Waals surface area contributed by atoms with Gasteiger partial charge >= 0.3 is 0 Å². The Labute approximate surface area is 88.6 Å². The van der Waals surface area contributed by atoms with Crippen LogP contribution in [0.4, 0.5) is 0 Å². The molecule has 0 aromatic carbocycles. The van der Waals surface area contributed by atoms with Crippen molar-refractivity contribution in [2.75, 3.05) is 12.0 Å². The van der Waals surface area contributed by atoms with Gasteiger partial charge in [0.1, 0.15) is 0 Å². The summed E-state index contributed by atoms with van der Waals surface area (Å²) in [6, 6.07) is 0. The van der Waals surface area contributed by atoms with Crippen LogP contribution < -0.4 is 0 Å². The van der Waals surface area contributed by atoms with E-state index in [1.165, 1.54) is 25.0 Å². The first-order chi connectivity index (χ1) is 6.25. The molecule has 3 saturated carbocycles. The number of hydrogen-bond donors (Lipinski definition) is 0. The second-order valence-corrected chi connectivity index (χ2v) is 10.1. The number of rotatable bonds is 2. The summed E-state index contributed by atoms with van der Waals surface area (Å²) in [7, 11) is -0.786. The van der Waals surface area contributed by atoms with Gasteiger partial charge in [0.05, 0.1) is 0 Å². The Hall–Kier alpha value is 0.0900. The van der Waals surface area contributed by atoms with Crippen molar-refractivity contribution in [3.8, 4) is 0 Å². The van der Waals surface area contributed by atoms with Crippen molar-refractivity contribution in [2.45, 2.75) is 33.1 Å². The zero-order valence-electron chi connectivity index (χ0n) is 9.73. The minimum atomic E-state index is -0.786. The van der Waals surface area contributed by atoms with Gasteiger partial charge in [0.15, 0.2) is 0 Å². The van der Waals surface area contributed by atoms with Gasteiger partial charge in [0.2, 0.25) is 0 Å². The highest BCUT2D eigenvalue weighted by molar-refractivity contribution is 8.27. The molecule has 1 heteroatoms. The molecule has 3 aliphatic rings. The van der Waals surface area contributed by atoms with Crippen LogP contribution in [0, 0.1) is 22.2 Å². The van der Waals surface area contributed by atoms with Crippen LogP contribution in [-0.2, 0) is 0 Å². The Morgan fingerprint density at radius 1 is 1.36 bits per heavy atom. The largest absolute Gasteiger partial charge is 0.217 e. The zero-order chi connectivity index (χ0) is 10.4. The maximum atomic E-state index is 4.28. The molecule has 0 N–H and O–H groups in total. The fraction of sp³-hybridized carbons (Fsp3) is 0.846. The summed E-state index contributed by atoms with van der Waals surface area (Å²) in [5.41, 5.74) is 2.13. The maximum absolute atomic E-state index is 4.28. The van der Waals surface area contributed by atoms with E-state index in [2.05, 4.69) is 31.8 Å². The van der Waals surface area contributed by atoms with Crippen molar-refractivity contribution in [3.63, 3.8) is 0 Å². The minimum Gasteiger partial charge on any atom is -0.217 e. The molecule has 0 aromatic rings. The fourth-order valence-corrected chi connectivity index (χ4v) is 6.96. The molecule has 0 bridgehead atoms. The summed E-state index contributed by atoms with van der Waals surface area (Å²) in [4.78, 5) is 0. The molecule has 0 nitrogen and oxygen atoms in total. The monoisotopic (exact) mass is 210 g/mol. The normalized spacial score (nSPS) is 52.4. The van der Waals surface area contributed by atoms with Gasteiger partial charge in [-0.2, -0.15) is 0 Å². The molecule has 3 fully saturated rings. The minimum absolute atomic E-state index is 0.663. The van der Waals surface area contributed by atoms with Crippen LogP contribution in [0.3, 0.4) is 0 Å². The number of hydrogen-bond acceptors (Lipinski definition) is 0. The Balaban J connectivity index is 1.92. The SMILES string of the molecule is C=S(=C)(C)CC12CCC3C(C)(C)C31C2. The molecule has 0 saturated heterocycles. The van der Waals surface area contributed by atoms with Crippen molar-refractivity contribution in [1.29, 1.82) is 0 Å². The lowest BCUT2D eigenvalue weighted by atomic mass is 9.93. The van der Waals surface area contributed by atoms with E-state index in [1.54, 1.807) is 0 Å². The summed E-state index contributed by atoms with van der Waals surface area (Å²) in [6.45, 7) is 4.97. The summed E-state index contributed by atoms with van der Waals surface area (Å²) in [6.07, 6.45) is 6.75. The van der Waals surface area contributed by atoms with Gasteiger partial charge in [-0.25, -0.2) is 9.21 Å². The molecule has 0 aliphatic heterocycles. The van der Waals surface area contributed by atoms with Crippen LogP contribution in [0.15, 0.2) is 0 Å². The smallest absolute Gasteiger partial charge is 0.0109 e.